The number of carbonyl (C=O) groups is 4. The van der Waals surface area contributed by atoms with Gasteiger partial charge in [0.15, 0.2) is 0 Å². The number of nitrogens with one attached hydrogen (secondary N) is 4. The lowest BCUT2D eigenvalue weighted by Gasteiger charge is -2.27. The first kappa shape index (κ1) is 23.0. The van der Waals surface area contributed by atoms with Crippen LogP contribution in [0.2, 0.25) is 0 Å². The Bertz CT molecular complexity index is 897. The van der Waals surface area contributed by atoms with Crippen LogP contribution >= 0.6 is 0 Å². The Morgan fingerprint density at radius 3 is 1.03 bits per heavy atom. The molecule has 0 spiro atoms. The fourth-order valence-corrected chi connectivity index (χ4v) is 3.79. The van der Waals surface area contributed by atoms with E-state index in [0.717, 1.165) is 0 Å². The van der Waals surface area contributed by atoms with Crippen molar-refractivity contribution in [2.45, 2.75) is 39.5 Å². The maximum atomic E-state index is 12.6. The second-order valence-electron chi connectivity index (χ2n) is 8.04. The van der Waals surface area contributed by atoms with Crippen LogP contribution in [0.3, 0.4) is 0 Å². The molecular weight excluding hydrogens is 408 g/mol. The number of anilines is 4. The number of rotatable bonds is 6. The number of hydrogen-bond acceptors (Lipinski definition) is 4. The van der Waals surface area contributed by atoms with Gasteiger partial charge in [-0.15, -0.1) is 0 Å². The third-order valence-corrected chi connectivity index (χ3v) is 5.41. The highest BCUT2D eigenvalue weighted by Crippen LogP contribution is 2.31. The summed E-state index contributed by atoms with van der Waals surface area (Å²) in [7, 11) is 0. The first-order valence-corrected chi connectivity index (χ1v) is 10.7. The van der Waals surface area contributed by atoms with E-state index in [9.17, 15) is 19.2 Å². The summed E-state index contributed by atoms with van der Waals surface area (Å²) in [5.41, 5.74) is 2.69. The summed E-state index contributed by atoms with van der Waals surface area (Å²) in [6.45, 7) is 2.88. The van der Waals surface area contributed by atoms with Gasteiger partial charge >= 0.3 is 0 Å². The van der Waals surface area contributed by atoms with E-state index in [4.69, 9.17) is 0 Å². The van der Waals surface area contributed by atoms with E-state index in [0.29, 0.717) is 48.4 Å². The molecule has 0 radical (unpaired) electrons. The van der Waals surface area contributed by atoms with Crippen LogP contribution < -0.4 is 21.3 Å². The number of carbonyl (C=O) groups excluding carboxylic acids is 4. The van der Waals surface area contributed by atoms with Gasteiger partial charge in [0.25, 0.3) is 0 Å². The smallest absolute Gasteiger partial charge is 0.227 e. The van der Waals surface area contributed by atoms with Crippen LogP contribution in [0.4, 0.5) is 22.7 Å². The molecule has 4 N–H and O–H groups in total. The van der Waals surface area contributed by atoms with Gasteiger partial charge < -0.3 is 21.3 Å². The lowest BCUT2D eigenvalue weighted by atomic mass is 9.81. The molecule has 0 unspecified atom stereocenters. The quantitative estimate of drug-likeness (QED) is 0.548. The molecule has 2 aromatic rings. The normalized spacial score (nSPS) is 17.7. The largest absolute Gasteiger partial charge is 0.326 e. The monoisotopic (exact) mass is 436 g/mol. The van der Waals surface area contributed by atoms with Crippen molar-refractivity contribution in [2.75, 3.05) is 21.3 Å². The van der Waals surface area contributed by atoms with E-state index in [2.05, 4.69) is 21.3 Å². The highest BCUT2D eigenvalue weighted by molar-refractivity contribution is 5.95. The van der Waals surface area contributed by atoms with Gasteiger partial charge in [-0.25, -0.2) is 0 Å². The summed E-state index contributed by atoms with van der Waals surface area (Å²) < 4.78 is 0. The Balaban J connectivity index is 1.45. The first-order chi connectivity index (χ1) is 15.3. The minimum atomic E-state index is -0.149. The zero-order valence-corrected chi connectivity index (χ0v) is 18.2. The fraction of sp³-hybridized carbons (Fsp3) is 0.333. The van der Waals surface area contributed by atoms with Gasteiger partial charge in [0.05, 0.1) is 0 Å². The number of benzene rings is 2. The summed E-state index contributed by atoms with van der Waals surface area (Å²) in [6, 6.07) is 13.9. The Labute approximate surface area is 187 Å². The molecule has 32 heavy (non-hydrogen) atoms. The summed E-state index contributed by atoms with van der Waals surface area (Å²) in [5, 5.41) is 11.2. The molecule has 0 saturated heterocycles. The van der Waals surface area contributed by atoms with Gasteiger partial charge in [-0.3, -0.25) is 19.2 Å². The van der Waals surface area contributed by atoms with Crippen molar-refractivity contribution >= 4 is 46.4 Å². The maximum Gasteiger partial charge on any atom is 0.227 e. The standard InChI is InChI=1S/C24H28N4O4/c1-15(29)25-19-7-11-21(12-8-19)27-23(31)17-3-5-18(6-4-17)24(32)28-22-13-9-20(10-14-22)26-16(2)30/h7-14,17-18H,3-6H2,1-2H3,(H,25,29)(H,26,30)(H,27,31)(H,28,32). The first-order valence-electron chi connectivity index (χ1n) is 10.7. The van der Waals surface area contributed by atoms with Gasteiger partial charge in [-0.2, -0.15) is 0 Å². The van der Waals surface area contributed by atoms with Crippen LogP contribution in [-0.4, -0.2) is 23.6 Å². The topological polar surface area (TPSA) is 116 Å². The molecule has 1 fully saturated rings. The molecule has 4 amide bonds. The Kier molecular flexibility index (Phi) is 7.59. The lowest BCUT2D eigenvalue weighted by molar-refractivity contribution is -0.125. The van der Waals surface area contributed by atoms with Crippen LogP contribution in [0, 0.1) is 11.8 Å². The van der Waals surface area contributed by atoms with Crippen molar-refractivity contribution in [3.63, 3.8) is 0 Å². The van der Waals surface area contributed by atoms with E-state index < -0.39 is 0 Å². The zero-order chi connectivity index (χ0) is 23.1. The fourth-order valence-electron chi connectivity index (χ4n) is 3.79. The van der Waals surface area contributed by atoms with Gasteiger partial charge in [-0.05, 0) is 74.2 Å². The predicted octanol–water partition coefficient (Wildman–Crippen LogP) is 3.99. The van der Waals surface area contributed by atoms with Crippen LogP contribution in [0.15, 0.2) is 48.5 Å². The molecule has 0 atom stereocenters. The summed E-state index contributed by atoms with van der Waals surface area (Å²) in [4.78, 5) is 47.4. The van der Waals surface area contributed by atoms with Gasteiger partial charge in [-0.1, -0.05) is 0 Å². The van der Waals surface area contributed by atoms with E-state index in [1.807, 2.05) is 0 Å². The molecule has 0 bridgehead atoms. The minimum Gasteiger partial charge on any atom is -0.326 e. The third-order valence-electron chi connectivity index (χ3n) is 5.41. The lowest BCUT2D eigenvalue weighted by Crippen LogP contribution is -2.32. The Morgan fingerprint density at radius 2 is 0.781 bits per heavy atom. The average molecular weight is 437 g/mol. The predicted molar refractivity (Wildman–Crippen MR) is 124 cm³/mol. The van der Waals surface area contributed by atoms with Crippen LogP contribution in [0.5, 0.6) is 0 Å². The number of amides is 4. The van der Waals surface area contributed by atoms with Crippen molar-refractivity contribution in [3.8, 4) is 0 Å². The molecular formula is C24H28N4O4. The molecule has 3 rings (SSSR count). The van der Waals surface area contributed by atoms with Crippen molar-refractivity contribution < 1.29 is 19.2 Å². The zero-order valence-electron chi connectivity index (χ0n) is 18.2. The molecule has 8 nitrogen and oxygen atoms in total. The SMILES string of the molecule is CC(=O)Nc1ccc(NC(=O)C2CCC(C(=O)Nc3ccc(NC(C)=O)cc3)CC2)cc1. The van der Waals surface area contributed by atoms with E-state index in [-0.39, 0.29) is 35.5 Å². The van der Waals surface area contributed by atoms with Crippen molar-refractivity contribution in [2.24, 2.45) is 11.8 Å². The summed E-state index contributed by atoms with van der Waals surface area (Å²) >= 11 is 0. The van der Waals surface area contributed by atoms with E-state index >= 15 is 0 Å². The van der Waals surface area contributed by atoms with Crippen LogP contribution in [-0.2, 0) is 19.2 Å². The highest BCUT2D eigenvalue weighted by Gasteiger charge is 2.30. The second kappa shape index (κ2) is 10.6. The molecule has 0 aromatic heterocycles. The molecule has 1 aliphatic carbocycles. The molecule has 2 aromatic carbocycles. The molecule has 0 aliphatic heterocycles. The van der Waals surface area contributed by atoms with Crippen LogP contribution in [0.25, 0.3) is 0 Å². The highest BCUT2D eigenvalue weighted by atomic mass is 16.2. The molecule has 0 heterocycles. The van der Waals surface area contributed by atoms with Gasteiger partial charge in [0, 0.05) is 48.4 Å². The maximum absolute atomic E-state index is 12.6. The Hall–Kier alpha value is -3.68. The van der Waals surface area contributed by atoms with Crippen molar-refractivity contribution in [1.82, 2.24) is 0 Å². The average Bonchev–Trinajstić information content (AvgIpc) is 2.76. The molecule has 1 aliphatic rings. The molecule has 168 valence electrons. The van der Waals surface area contributed by atoms with E-state index in [1.54, 1.807) is 48.5 Å². The summed E-state index contributed by atoms with van der Waals surface area (Å²) in [6.07, 6.45) is 2.59. The van der Waals surface area contributed by atoms with Crippen LogP contribution in [0.1, 0.15) is 39.5 Å². The minimum absolute atomic E-state index is 0.0512. The number of hydrogen-bond donors (Lipinski definition) is 4. The van der Waals surface area contributed by atoms with Crippen molar-refractivity contribution in [3.05, 3.63) is 48.5 Å². The third kappa shape index (κ3) is 6.66. The molecule has 8 heteroatoms. The van der Waals surface area contributed by atoms with Gasteiger partial charge in [0.2, 0.25) is 23.6 Å². The molecule has 1 saturated carbocycles. The van der Waals surface area contributed by atoms with Gasteiger partial charge in [0.1, 0.15) is 0 Å². The Morgan fingerprint density at radius 1 is 0.531 bits per heavy atom. The second-order valence-corrected chi connectivity index (χ2v) is 8.04. The van der Waals surface area contributed by atoms with E-state index in [1.165, 1.54) is 13.8 Å². The van der Waals surface area contributed by atoms with Crippen molar-refractivity contribution in [1.29, 1.82) is 0 Å². The summed E-state index contributed by atoms with van der Waals surface area (Å²) in [5.74, 6) is -0.666.